The lowest BCUT2D eigenvalue weighted by atomic mass is 10.0. The summed E-state index contributed by atoms with van der Waals surface area (Å²) in [5.41, 5.74) is 5.38. The molecule has 8 heteroatoms. The first kappa shape index (κ1) is 15.0. The Bertz CT molecular complexity index is 549. The van der Waals surface area contributed by atoms with Gasteiger partial charge in [0.05, 0.1) is 11.5 Å². The fourth-order valence-electron chi connectivity index (χ4n) is 2.46. The van der Waals surface area contributed by atoms with E-state index in [1.807, 2.05) is 4.90 Å². The van der Waals surface area contributed by atoms with E-state index in [1.54, 1.807) is 6.92 Å². The Kier molecular flexibility index (Phi) is 4.56. The molecular weight excluding hydrogens is 276 g/mol. The van der Waals surface area contributed by atoms with E-state index in [0.29, 0.717) is 25.4 Å². The molecule has 0 spiro atoms. The zero-order valence-corrected chi connectivity index (χ0v) is 11.8. The van der Waals surface area contributed by atoms with Crippen LogP contribution >= 0.6 is 0 Å². The number of anilines is 2. The van der Waals surface area contributed by atoms with E-state index < -0.39 is 11.0 Å². The van der Waals surface area contributed by atoms with E-state index in [1.165, 1.54) is 12.1 Å². The molecule has 1 aliphatic rings. The van der Waals surface area contributed by atoms with Gasteiger partial charge in [-0.2, -0.15) is 0 Å². The van der Waals surface area contributed by atoms with Gasteiger partial charge >= 0.3 is 11.7 Å². The molecule has 0 saturated carbocycles. The van der Waals surface area contributed by atoms with Crippen molar-refractivity contribution < 1.29 is 14.5 Å². The smallest absolute Gasteiger partial charge is 0.328 e. The molecule has 0 radical (unpaired) electrons. The van der Waals surface area contributed by atoms with Crippen LogP contribution in [0.2, 0.25) is 0 Å². The first-order valence-electron chi connectivity index (χ1n) is 6.88. The quantitative estimate of drug-likeness (QED) is 0.508. The second-order valence-corrected chi connectivity index (χ2v) is 4.79. The minimum atomic E-state index is -0.578. The average molecular weight is 294 g/mol. The van der Waals surface area contributed by atoms with Crippen LogP contribution in [-0.4, -0.2) is 35.1 Å². The molecule has 0 amide bonds. The SMILES string of the molecule is CCOC(=O)C1CCCCN1c1ccc([N+](=O)[O-])c(N)n1. The van der Waals surface area contributed by atoms with E-state index in [-0.39, 0.29) is 17.5 Å². The lowest BCUT2D eigenvalue weighted by Crippen LogP contribution is -2.46. The minimum Gasteiger partial charge on any atom is -0.464 e. The van der Waals surface area contributed by atoms with Crippen molar-refractivity contribution in [3.8, 4) is 0 Å². The van der Waals surface area contributed by atoms with Gasteiger partial charge < -0.3 is 15.4 Å². The average Bonchev–Trinajstić information content (AvgIpc) is 2.47. The number of nitro groups is 1. The largest absolute Gasteiger partial charge is 0.464 e. The van der Waals surface area contributed by atoms with E-state index >= 15 is 0 Å². The number of rotatable bonds is 4. The number of esters is 1. The monoisotopic (exact) mass is 294 g/mol. The minimum absolute atomic E-state index is 0.148. The Labute approximate surface area is 122 Å². The maximum atomic E-state index is 12.0. The van der Waals surface area contributed by atoms with Crippen LogP contribution in [0.3, 0.4) is 0 Å². The van der Waals surface area contributed by atoms with Gasteiger partial charge in [-0.05, 0) is 32.3 Å². The Balaban J connectivity index is 2.27. The normalized spacial score (nSPS) is 18.3. The fourth-order valence-corrected chi connectivity index (χ4v) is 2.46. The number of pyridine rings is 1. The van der Waals surface area contributed by atoms with E-state index in [4.69, 9.17) is 10.5 Å². The molecular formula is C13H18N4O4. The summed E-state index contributed by atoms with van der Waals surface area (Å²) in [7, 11) is 0. The summed E-state index contributed by atoms with van der Waals surface area (Å²) >= 11 is 0. The van der Waals surface area contributed by atoms with Gasteiger partial charge in [-0.15, -0.1) is 0 Å². The predicted octanol–water partition coefficient (Wildman–Crippen LogP) is 1.49. The van der Waals surface area contributed by atoms with Crippen LogP contribution in [0.1, 0.15) is 26.2 Å². The molecule has 114 valence electrons. The molecule has 0 aliphatic carbocycles. The van der Waals surface area contributed by atoms with Gasteiger partial charge in [-0.1, -0.05) is 0 Å². The number of nitrogens with two attached hydrogens (primary N) is 1. The number of ether oxygens (including phenoxy) is 1. The molecule has 0 bridgehead atoms. The second kappa shape index (κ2) is 6.38. The Hall–Kier alpha value is -2.38. The summed E-state index contributed by atoms with van der Waals surface area (Å²) in [4.78, 5) is 28.1. The van der Waals surface area contributed by atoms with Gasteiger partial charge in [-0.3, -0.25) is 10.1 Å². The van der Waals surface area contributed by atoms with Crippen molar-refractivity contribution in [1.29, 1.82) is 0 Å². The molecule has 1 aromatic heterocycles. The highest BCUT2D eigenvalue weighted by molar-refractivity contribution is 5.80. The molecule has 1 aromatic rings. The van der Waals surface area contributed by atoms with Gasteiger partial charge in [0.2, 0.25) is 5.82 Å². The summed E-state index contributed by atoms with van der Waals surface area (Å²) in [6.45, 7) is 2.72. The molecule has 1 unspecified atom stereocenters. The van der Waals surface area contributed by atoms with Crippen molar-refractivity contribution >= 4 is 23.3 Å². The molecule has 8 nitrogen and oxygen atoms in total. The van der Waals surface area contributed by atoms with Crippen LogP contribution in [0.25, 0.3) is 0 Å². The van der Waals surface area contributed by atoms with Crippen molar-refractivity contribution in [1.82, 2.24) is 4.98 Å². The molecule has 0 aromatic carbocycles. The third-order valence-electron chi connectivity index (χ3n) is 3.44. The predicted molar refractivity (Wildman–Crippen MR) is 76.9 cm³/mol. The maximum Gasteiger partial charge on any atom is 0.328 e. The van der Waals surface area contributed by atoms with Gasteiger partial charge in [0, 0.05) is 12.6 Å². The molecule has 2 rings (SSSR count). The maximum absolute atomic E-state index is 12.0. The lowest BCUT2D eigenvalue weighted by molar-refractivity contribution is -0.384. The molecule has 2 heterocycles. The van der Waals surface area contributed by atoms with Crippen molar-refractivity contribution in [2.45, 2.75) is 32.2 Å². The highest BCUT2D eigenvalue weighted by Crippen LogP contribution is 2.28. The Morgan fingerprint density at radius 1 is 1.57 bits per heavy atom. The first-order valence-corrected chi connectivity index (χ1v) is 6.88. The van der Waals surface area contributed by atoms with Gasteiger partial charge in [0.25, 0.3) is 0 Å². The number of nitrogens with zero attached hydrogens (tertiary/aromatic N) is 3. The second-order valence-electron chi connectivity index (χ2n) is 4.79. The van der Waals surface area contributed by atoms with Crippen LogP contribution in [0.15, 0.2) is 12.1 Å². The number of hydrogen-bond donors (Lipinski definition) is 1. The molecule has 1 fully saturated rings. The number of carbonyl (C=O) groups is 1. The number of piperidine rings is 1. The highest BCUT2D eigenvalue weighted by atomic mass is 16.6. The highest BCUT2D eigenvalue weighted by Gasteiger charge is 2.31. The molecule has 21 heavy (non-hydrogen) atoms. The van der Waals surface area contributed by atoms with Crippen LogP contribution in [0.4, 0.5) is 17.3 Å². The fraction of sp³-hybridized carbons (Fsp3) is 0.538. The summed E-state index contributed by atoms with van der Waals surface area (Å²) < 4.78 is 5.08. The van der Waals surface area contributed by atoms with Gasteiger partial charge in [0.1, 0.15) is 11.9 Å². The summed E-state index contributed by atoms with van der Waals surface area (Å²) in [6.07, 6.45) is 2.54. The van der Waals surface area contributed by atoms with Crippen LogP contribution in [-0.2, 0) is 9.53 Å². The summed E-state index contributed by atoms with van der Waals surface area (Å²) in [5, 5.41) is 10.8. The topological polar surface area (TPSA) is 112 Å². The molecule has 1 aliphatic heterocycles. The number of nitrogen functional groups attached to an aromatic ring is 1. The Morgan fingerprint density at radius 2 is 2.33 bits per heavy atom. The molecule has 1 atom stereocenters. The van der Waals surface area contributed by atoms with Gasteiger partial charge in [0.15, 0.2) is 0 Å². The molecule has 2 N–H and O–H groups in total. The van der Waals surface area contributed by atoms with Gasteiger partial charge in [-0.25, -0.2) is 9.78 Å². The zero-order valence-electron chi connectivity index (χ0n) is 11.8. The summed E-state index contributed by atoms with van der Waals surface area (Å²) in [5.74, 6) is 0.0254. The third kappa shape index (κ3) is 3.21. The standard InChI is InChI=1S/C13H18N4O4/c1-2-21-13(18)10-5-3-4-8-16(10)11-7-6-9(17(19)20)12(14)15-11/h6-7,10H,2-5,8H2,1H3,(H2,14,15). The number of aromatic nitrogens is 1. The van der Waals surface area contributed by atoms with E-state index in [9.17, 15) is 14.9 Å². The number of hydrogen-bond acceptors (Lipinski definition) is 7. The van der Waals surface area contributed by atoms with Crippen molar-refractivity contribution in [3.05, 3.63) is 22.2 Å². The van der Waals surface area contributed by atoms with Crippen molar-refractivity contribution in [2.24, 2.45) is 0 Å². The van der Waals surface area contributed by atoms with E-state index in [2.05, 4.69) is 4.98 Å². The van der Waals surface area contributed by atoms with Crippen LogP contribution in [0.5, 0.6) is 0 Å². The van der Waals surface area contributed by atoms with Crippen molar-refractivity contribution in [2.75, 3.05) is 23.8 Å². The third-order valence-corrected chi connectivity index (χ3v) is 3.44. The molecule has 1 saturated heterocycles. The van der Waals surface area contributed by atoms with E-state index in [0.717, 1.165) is 12.8 Å². The summed E-state index contributed by atoms with van der Waals surface area (Å²) in [6, 6.07) is 2.42. The van der Waals surface area contributed by atoms with Crippen LogP contribution < -0.4 is 10.6 Å². The Morgan fingerprint density at radius 3 is 2.95 bits per heavy atom. The zero-order chi connectivity index (χ0) is 15.4. The lowest BCUT2D eigenvalue weighted by Gasteiger charge is -2.34. The number of carbonyl (C=O) groups excluding carboxylic acids is 1. The van der Waals surface area contributed by atoms with Crippen molar-refractivity contribution in [3.63, 3.8) is 0 Å². The van der Waals surface area contributed by atoms with Crippen LogP contribution in [0, 0.1) is 10.1 Å². The first-order chi connectivity index (χ1) is 10.0.